The Morgan fingerprint density at radius 1 is 1.27 bits per heavy atom. The van der Waals surface area contributed by atoms with Crippen molar-refractivity contribution in [1.29, 1.82) is 0 Å². The molecular weight excluding hydrogens is 144 g/mol. The summed E-state index contributed by atoms with van der Waals surface area (Å²) in [5.74, 6) is 0. The quantitative estimate of drug-likeness (QED) is 0.628. The first-order valence-corrected chi connectivity index (χ1v) is 4.04. The molecular formula is C8H18O3. The van der Waals surface area contributed by atoms with Crippen LogP contribution >= 0.6 is 0 Å². The number of hydrogen-bond acceptors (Lipinski definition) is 3. The highest BCUT2D eigenvalue weighted by Crippen LogP contribution is 1.93. The molecule has 0 bridgehead atoms. The second kappa shape index (κ2) is 6.58. The minimum Gasteiger partial charge on any atom is -0.391 e. The zero-order chi connectivity index (χ0) is 8.69. The summed E-state index contributed by atoms with van der Waals surface area (Å²) < 4.78 is 10.4. The molecule has 0 aromatic carbocycles. The zero-order valence-electron chi connectivity index (χ0n) is 7.54. The predicted octanol–water partition coefficient (Wildman–Crippen LogP) is 0.809. The molecule has 0 aliphatic rings. The van der Waals surface area contributed by atoms with Gasteiger partial charge in [0.05, 0.1) is 25.4 Å². The van der Waals surface area contributed by atoms with Gasteiger partial charge < -0.3 is 14.6 Å². The Morgan fingerprint density at radius 2 is 1.91 bits per heavy atom. The summed E-state index contributed by atoms with van der Waals surface area (Å²) in [6, 6.07) is 0. The molecule has 0 aromatic heterocycles. The van der Waals surface area contributed by atoms with Gasteiger partial charge in [0.2, 0.25) is 0 Å². The minimum absolute atomic E-state index is 0.0737. The second-order valence-electron chi connectivity index (χ2n) is 2.65. The maximum absolute atomic E-state index is 8.86. The first kappa shape index (κ1) is 10.9. The maximum Gasteiger partial charge on any atom is 0.0781 e. The lowest BCUT2D eigenvalue weighted by atomic mass is 10.4. The standard InChI is InChI=1S/C8H18O3/c1-4-10-6-8(3)11-5-7(2)9/h7-9H,4-6H2,1-3H3/t7-,8-/m0/s1. The average Bonchev–Trinajstić information content (AvgIpc) is 1.97. The van der Waals surface area contributed by atoms with Crippen molar-refractivity contribution in [2.75, 3.05) is 19.8 Å². The number of aliphatic hydroxyl groups is 1. The fourth-order valence-corrected chi connectivity index (χ4v) is 0.635. The first-order valence-electron chi connectivity index (χ1n) is 4.04. The molecule has 68 valence electrons. The monoisotopic (exact) mass is 162 g/mol. The molecule has 0 aliphatic heterocycles. The summed E-state index contributed by atoms with van der Waals surface area (Å²) in [5.41, 5.74) is 0. The van der Waals surface area contributed by atoms with Crippen LogP contribution in [0.5, 0.6) is 0 Å². The van der Waals surface area contributed by atoms with Gasteiger partial charge in [0.1, 0.15) is 0 Å². The Morgan fingerprint density at radius 3 is 2.36 bits per heavy atom. The molecule has 0 heterocycles. The largest absolute Gasteiger partial charge is 0.391 e. The van der Waals surface area contributed by atoms with Crippen LogP contribution in [-0.2, 0) is 9.47 Å². The highest BCUT2D eigenvalue weighted by atomic mass is 16.5. The SMILES string of the molecule is CCOC[C@H](C)OC[C@H](C)O. The Kier molecular flexibility index (Phi) is 6.51. The molecule has 0 rings (SSSR count). The van der Waals surface area contributed by atoms with Crippen LogP contribution in [0.1, 0.15) is 20.8 Å². The summed E-state index contributed by atoms with van der Waals surface area (Å²) in [5, 5.41) is 8.86. The lowest BCUT2D eigenvalue weighted by Crippen LogP contribution is -2.21. The molecule has 0 unspecified atom stereocenters. The fourth-order valence-electron chi connectivity index (χ4n) is 0.635. The van der Waals surface area contributed by atoms with Crippen molar-refractivity contribution in [3.8, 4) is 0 Å². The summed E-state index contributed by atoms with van der Waals surface area (Å²) in [6.07, 6.45) is -0.316. The van der Waals surface area contributed by atoms with Crippen molar-refractivity contribution in [2.24, 2.45) is 0 Å². The third-order valence-corrected chi connectivity index (χ3v) is 1.18. The zero-order valence-corrected chi connectivity index (χ0v) is 7.54. The van der Waals surface area contributed by atoms with Crippen molar-refractivity contribution < 1.29 is 14.6 Å². The Labute approximate surface area is 68.3 Å². The van der Waals surface area contributed by atoms with E-state index in [1.54, 1.807) is 6.92 Å². The molecule has 3 heteroatoms. The van der Waals surface area contributed by atoms with Gasteiger partial charge in [-0.2, -0.15) is 0 Å². The highest BCUT2D eigenvalue weighted by Gasteiger charge is 2.03. The summed E-state index contributed by atoms with van der Waals surface area (Å²) in [7, 11) is 0. The molecule has 0 aliphatic carbocycles. The van der Waals surface area contributed by atoms with Crippen LogP contribution in [0, 0.1) is 0 Å². The molecule has 0 amide bonds. The van der Waals surface area contributed by atoms with Crippen LogP contribution in [0.2, 0.25) is 0 Å². The summed E-state index contributed by atoms with van der Waals surface area (Å²) in [6.45, 7) is 7.27. The van der Waals surface area contributed by atoms with Gasteiger partial charge in [-0.05, 0) is 20.8 Å². The van der Waals surface area contributed by atoms with E-state index in [4.69, 9.17) is 14.6 Å². The van der Waals surface area contributed by atoms with Gasteiger partial charge in [-0.25, -0.2) is 0 Å². The Bertz CT molecular complexity index is 83.4. The van der Waals surface area contributed by atoms with Crippen molar-refractivity contribution >= 4 is 0 Å². The molecule has 1 N–H and O–H groups in total. The molecule has 0 saturated carbocycles. The normalized spacial score (nSPS) is 16.4. The van der Waals surface area contributed by atoms with Gasteiger partial charge in [-0.15, -0.1) is 0 Å². The molecule has 0 aromatic rings. The van der Waals surface area contributed by atoms with E-state index >= 15 is 0 Å². The van der Waals surface area contributed by atoms with Crippen molar-refractivity contribution in [3.05, 3.63) is 0 Å². The van der Waals surface area contributed by atoms with Crippen LogP contribution in [0.3, 0.4) is 0 Å². The topological polar surface area (TPSA) is 38.7 Å². The van der Waals surface area contributed by atoms with Gasteiger partial charge in [0, 0.05) is 6.61 Å². The lowest BCUT2D eigenvalue weighted by molar-refractivity contribution is -0.0344. The molecule has 0 radical (unpaired) electrons. The van der Waals surface area contributed by atoms with E-state index in [9.17, 15) is 0 Å². The first-order chi connectivity index (χ1) is 5.16. The number of aliphatic hydroxyl groups excluding tert-OH is 1. The van der Waals surface area contributed by atoms with E-state index in [1.165, 1.54) is 0 Å². The van der Waals surface area contributed by atoms with E-state index in [-0.39, 0.29) is 12.2 Å². The molecule has 0 fully saturated rings. The fraction of sp³-hybridized carbons (Fsp3) is 1.00. The van der Waals surface area contributed by atoms with Gasteiger partial charge in [0.25, 0.3) is 0 Å². The summed E-state index contributed by atoms with van der Waals surface area (Å²) >= 11 is 0. The van der Waals surface area contributed by atoms with Crippen LogP contribution in [0.4, 0.5) is 0 Å². The summed E-state index contributed by atoms with van der Waals surface area (Å²) in [4.78, 5) is 0. The van der Waals surface area contributed by atoms with Crippen LogP contribution in [0.15, 0.2) is 0 Å². The van der Waals surface area contributed by atoms with Crippen LogP contribution in [0.25, 0.3) is 0 Å². The third-order valence-electron chi connectivity index (χ3n) is 1.18. The highest BCUT2D eigenvalue weighted by molar-refractivity contribution is 4.49. The average molecular weight is 162 g/mol. The molecule has 3 nitrogen and oxygen atoms in total. The lowest BCUT2D eigenvalue weighted by Gasteiger charge is -2.13. The van der Waals surface area contributed by atoms with Gasteiger partial charge in [-0.3, -0.25) is 0 Å². The van der Waals surface area contributed by atoms with Crippen molar-refractivity contribution in [2.45, 2.75) is 33.0 Å². The van der Waals surface area contributed by atoms with Crippen LogP contribution < -0.4 is 0 Å². The Balaban J connectivity index is 3.15. The number of hydrogen-bond donors (Lipinski definition) is 1. The minimum atomic E-state index is -0.390. The number of rotatable bonds is 6. The van der Waals surface area contributed by atoms with Gasteiger partial charge in [0.15, 0.2) is 0 Å². The van der Waals surface area contributed by atoms with Gasteiger partial charge in [-0.1, -0.05) is 0 Å². The van der Waals surface area contributed by atoms with E-state index < -0.39 is 0 Å². The van der Waals surface area contributed by atoms with Crippen molar-refractivity contribution in [1.82, 2.24) is 0 Å². The van der Waals surface area contributed by atoms with Crippen LogP contribution in [-0.4, -0.2) is 37.1 Å². The molecule has 2 atom stereocenters. The molecule has 0 spiro atoms. The van der Waals surface area contributed by atoms with E-state index in [2.05, 4.69) is 0 Å². The van der Waals surface area contributed by atoms with E-state index in [0.717, 1.165) is 0 Å². The second-order valence-corrected chi connectivity index (χ2v) is 2.65. The predicted molar refractivity (Wildman–Crippen MR) is 43.6 cm³/mol. The Hall–Kier alpha value is -0.120. The van der Waals surface area contributed by atoms with E-state index in [0.29, 0.717) is 19.8 Å². The maximum atomic E-state index is 8.86. The van der Waals surface area contributed by atoms with Crippen molar-refractivity contribution in [3.63, 3.8) is 0 Å². The molecule has 11 heavy (non-hydrogen) atoms. The van der Waals surface area contributed by atoms with Gasteiger partial charge >= 0.3 is 0 Å². The smallest absolute Gasteiger partial charge is 0.0781 e. The number of ether oxygens (including phenoxy) is 2. The molecule has 0 saturated heterocycles. The third kappa shape index (κ3) is 7.78. The van der Waals surface area contributed by atoms with E-state index in [1.807, 2.05) is 13.8 Å².